The maximum Gasteiger partial charge on any atom is 0.231 e. The number of nitrogens with zero attached hydrogens (tertiary/aromatic N) is 1. The lowest BCUT2D eigenvalue weighted by Gasteiger charge is -2.30. The molecule has 17 heavy (non-hydrogen) atoms. The zero-order chi connectivity index (χ0) is 12.7. The Balaban J connectivity index is 2.00. The number of hydrogen-bond acceptors (Lipinski definition) is 1. The van der Waals surface area contributed by atoms with Crippen LogP contribution in [-0.2, 0) is 4.79 Å². The summed E-state index contributed by atoms with van der Waals surface area (Å²) in [4.78, 5) is 14.3. The number of halogens is 2. The Morgan fingerprint density at radius 2 is 1.65 bits per heavy atom. The van der Waals surface area contributed by atoms with Gasteiger partial charge in [0, 0.05) is 13.1 Å². The summed E-state index contributed by atoms with van der Waals surface area (Å²) in [5, 5.41) is 0. The highest BCUT2D eigenvalue weighted by molar-refractivity contribution is 6.53. The summed E-state index contributed by atoms with van der Waals surface area (Å²) in [6.45, 7) is 1.88. The maximum atomic E-state index is 12.4. The molecule has 0 heterocycles. The highest BCUT2D eigenvalue weighted by Crippen LogP contribution is 2.64. The molecule has 0 spiro atoms. The minimum absolute atomic E-state index is 0.120. The van der Waals surface area contributed by atoms with E-state index in [2.05, 4.69) is 0 Å². The lowest BCUT2D eigenvalue weighted by Crippen LogP contribution is -2.42. The number of amides is 1. The van der Waals surface area contributed by atoms with Crippen LogP contribution in [0.15, 0.2) is 0 Å². The molecule has 0 aromatic heterocycles. The molecule has 0 aliphatic heterocycles. The van der Waals surface area contributed by atoms with Gasteiger partial charge in [0.2, 0.25) is 5.91 Å². The Labute approximate surface area is 114 Å². The Kier molecular flexibility index (Phi) is 3.66. The summed E-state index contributed by atoms with van der Waals surface area (Å²) >= 11 is 12.2. The van der Waals surface area contributed by atoms with Gasteiger partial charge in [0.15, 0.2) is 0 Å². The summed E-state index contributed by atoms with van der Waals surface area (Å²) in [5.41, 5.74) is -0.558. The number of carbonyl (C=O) groups excluding carboxylic acids is 1. The van der Waals surface area contributed by atoms with Crippen molar-refractivity contribution in [1.29, 1.82) is 0 Å². The van der Waals surface area contributed by atoms with Gasteiger partial charge in [-0.15, -0.1) is 23.2 Å². The van der Waals surface area contributed by atoms with E-state index in [4.69, 9.17) is 23.2 Å². The molecule has 2 rings (SSSR count). The van der Waals surface area contributed by atoms with Gasteiger partial charge >= 0.3 is 0 Å². The summed E-state index contributed by atoms with van der Waals surface area (Å²) < 4.78 is -0.844. The lowest BCUT2D eigenvalue weighted by molar-refractivity contribution is -0.137. The molecule has 2 fully saturated rings. The van der Waals surface area contributed by atoms with Gasteiger partial charge < -0.3 is 4.90 Å². The molecule has 0 bridgehead atoms. The Bertz CT molecular complexity index is 311. The lowest BCUT2D eigenvalue weighted by atomic mass is 10.0. The molecule has 0 N–H and O–H groups in total. The number of hydrogen-bond donors (Lipinski definition) is 0. The Morgan fingerprint density at radius 3 is 2.06 bits per heavy atom. The van der Waals surface area contributed by atoms with Gasteiger partial charge in [0.1, 0.15) is 4.33 Å². The molecular formula is C13H21Cl2NO. The van der Waals surface area contributed by atoms with Crippen LogP contribution in [0.2, 0.25) is 0 Å². The average molecular weight is 278 g/mol. The zero-order valence-corrected chi connectivity index (χ0v) is 12.2. The van der Waals surface area contributed by atoms with E-state index in [0.717, 1.165) is 12.8 Å². The molecule has 1 unspecified atom stereocenters. The van der Waals surface area contributed by atoms with Gasteiger partial charge in [-0.25, -0.2) is 0 Å². The summed E-state index contributed by atoms with van der Waals surface area (Å²) in [6, 6.07) is 0.381. The van der Waals surface area contributed by atoms with Crippen LogP contribution in [0.1, 0.15) is 51.9 Å². The standard InChI is InChI=1S/C13H21Cl2NO/c1-12(9-13(12,14)15)11(17)16(2)10-7-5-3-4-6-8-10/h10H,3-9H2,1-2H3. The normalized spacial score (nSPS) is 32.9. The molecule has 1 atom stereocenters. The highest BCUT2D eigenvalue weighted by atomic mass is 35.5. The van der Waals surface area contributed by atoms with Gasteiger partial charge in [-0.1, -0.05) is 25.7 Å². The third-order valence-corrected chi connectivity index (χ3v) is 5.52. The molecule has 1 amide bonds. The summed E-state index contributed by atoms with van der Waals surface area (Å²) in [5.74, 6) is 0.120. The first-order valence-corrected chi connectivity index (χ1v) is 7.29. The van der Waals surface area contributed by atoms with Gasteiger partial charge in [-0.05, 0) is 26.2 Å². The Morgan fingerprint density at radius 1 is 1.18 bits per heavy atom. The number of alkyl halides is 2. The van der Waals surface area contributed by atoms with Crippen molar-refractivity contribution in [1.82, 2.24) is 4.90 Å². The molecule has 0 aromatic rings. The van der Waals surface area contributed by atoms with E-state index in [1.807, 2.05) is 18.9 Å². The fourth-order valence-corrected chi connectivity index (χ4v) is 3.53. The van der Waals surface area contributed by atoms with Gasteiger partial charge in [-0.3, -0.25) is 4.79 Å². The zero-order valence-electron chi connectivity index (χ0n) is 10.6. The summed E-state index contributed by atoms with van der Waals surface area (Å²) in [7, 11) is 1.91. The molecule has 0 saturated heterocycles. The second kappa shape index (κ2) is 4.62. The van der Waals surface area contributed by atoms with Crippen LogP contribution in [0.3, 0.4) is 0 Å². The molecule has 2 nitrogen and oxygen atoms in total. The molecule has 98 valence electrons. The van der Waals surface area contributed by atoms with Gasteiger partial charge in [0.05, 0.1) is 5.41 Å². The van der Waals surface area contributed by atoms with Crippen molar-refractivity contribution in [3.63, 3.8) is 0 Å². The van der Waals surface area contributed by atoms with E-state index >= 15 is 0 Å². The molecule has 0 aromatic carbocycles. The largest absolute Gasteiger partial charge is 0.342 e. The van der Waals surface area contributed by atoms with Crippen molar-refractivity contribution in [2.24, 2.45) is 5.41 Å². The van der Waals surface area contributed by atoms with E-state index in [9.17, 15) is 4.79 Å². The first kappa shape index (κ1) is 13.5. The number of carbonyl (C=O) groups is 1. The van der Waals surface area contributed by atoms with Crippen molar-refractivity contribution >= 4 is 29.1 Å². The topological polar surface area (TPSA) is 20.3 Å². The molecular weight excluding hydrogens is 257 g/mol. The van der Waals surface area contributed by atoms with E-state index in [1.54, 1.807) is 0 Å². The quantitative estimate of drug-likeness (QED) is 0.556. The minimum atomic E-state index is -0.844. The van der Waals surface area contributed by atoms with Crippen molar-refractivity contribution in [3.8, 4) is 0 Å². The van der Waals surface area contributed by atoms with Gasteiger partial charge in [-0.2, -0.15) is 0 Å². The average Bonchev–Trinajstić information content (AvgIpc) is 2.90. The van der Waals surface area contributed by atoms with Crippen LogP contribution in [0.4, 0.5) is 0 Å². The fourth-order valence-electron chi connectivity index (χ4n) is 2.83. The van der Waals surface area contributed by atoms with E-state index < -0.39 is 9.75 Å². The van der Waals surface area contributed by atoms with Crippen molar-refractivity contribution < 1.29 is 4.79 Å². The van der Waals surface area contributed by atoms with Crippen molar-refractivity contribution in [3.05, 3.63) is 0 Å². The van der Waals surface area contributed by atoms with Crippen LogP contribution in [0.5, 0.6) is 0 Å². The van der Waals surface area contributed by atoms with Crippen LogP contribution < -0.4 is 0 Å². The Hall–Kier alpha value is 0.0500. The fraction of sp³-hybridized carbons (Fsp3) is 0.923. The molecule has 4 heteroatoms. The first-order valence-electron chi connectivity index (χ1n) is 6.53. The van der Waals surface area contributed by atoms with Crippen LogP contribution in [0, 0.1) is 5.41 Å². The van der Waals surface area contributed by atoms with E-state index in [-0.39, 0.29) is 5.91 Å². The second-order valence-corrected chi connectivity index (χ2v) is 7.26. The highest BCUT2D eigenvalue weighted by Gasteiger charge is 2.68. The monoisotopic (exact) mass is 277 g/mol. The molecule has 0 radical (unpaired) electrons. The van der Waals surface area contributed by atoms with Crippen LogP contribution in [-0.4, -0.2) is 28.2 Å². The van der Waals surface area contributed by atoms with E-state index in [0.29, 0.717) is 12.5 Å². The third-order valence-electron chi connectivity index (χ3n) is 4.42. The third kappa shape index (κ3) is 2.44. The molecule has 2 aliphatic rings. The SMILES string of the molecule is CN(C(=O)C1(C)CC1(Cl)Cl)C1CCCCCC1. The van der Waals surface area contributed by atoms with Gasteiger partial charge in [0.25, 0.3) is 0 Å². The molecule has 2 aliphatic carbocycles. The van der Waals surface area contributed by atoms with Crippen molar-refractivity contribution in [2.75, 3.05) is 7.05 Å². The van der Waals surface area contributed by atoms with Crippen molar-refractivity contribution in [2.45, 2.75) is 62.2 Å². The second-order valence-electron chi connectivity index (χ2n) is 5.77. The minimum Gasteiger partial charge on any atom is -0.342 e. The molecule has 2 saturated carbocycles. The van der Waals surface area contributed by atoms with Crippen LogP contribution >= 0.6 is 23.2 Å². The smallest absolute Gasteiger partial charge is 0.231 e. The van der Waals surface area contributed by atoms with E-state index in [1.165, 1.54) is 25.7 Å². The predicted molar refractivity (Wildman–Crippen MR) is 71.4 cm³/mol. The maximum absolute atomic E-state index is 12.4. The summed E-state index contributed by atoms with van der Waals surface area (Å²) in [6.07, 6.45) is 7.87. The number of rotatable bonds is 2. The predicted octanol–water partition coefficient (Wildman–Crippen LogP) is 3.75. The van der Waals surface area contributed by atoms with Crippen LogP contribution in [0.25, 0.3) is 0 Å². The first-order chi connectivity index (χ1) is 7.88.